The SMILES string of the molecule is O=c1[nH]ccc2cc(O)c(Br)cc12. The van der Waals surface area contributed by atoms with Crippen LogP contribution in [-0.4, -0.2) is 10.1 Å². The van der Waals surface area contributed by atoms with E-state index in [-0.39, 0.29) is 11.3 Å². The molecule has 4 heteroatoms. The van der Waals surface area contributed by atoms with Crippen LogP contribution in [-0.2, 0) is 0 Å². The Morgan fingerprint density at radius 2 is 2.15 bits per heavy atom. The van der Waals surface area contributed by atoms with E-state index >= 15 is 0 Å². The van der Waals surface area contributed by atoms with Crippen molar-refractivity contribution in [1.82, 2.24) is 4.98 Å². The minimum Gasteiger partial charge on any atom is -0.507 e. The predicted octanol–water partition coefficient (Wildman–Crippen LogP) is 2.00. The number of aromatic nitrogens is 1. The van der Waals surface area contributed by atoms with E-state index in [4.69, 9.17) is 0 Å². The van der Waals surface area contributed by atoms with Crippen molar-refractivity contribution in [3.63, 3.8) is 0 Å². The first kappa shape index (κ1) is 8.31. The molecule has 0 aliphatic carbocycles. The normalized spacial score (nSPS) is 10.5. The lowest BCUT2D eigenvalue weighted by Crippen LogP contribution is -2.03. The molecule has 0 amide bonds. The zero-order valence-corrected chi connectivity index (χ0v) is 8.13. The number of aromatic amines is 1. The number of hydrogen-bond acceptors (Lipinski definition) is 2. The first-order valence-electron chi connectivity index (χ1n) is 3.68. The van der Waals surface area contributed by atoms with Crippen LogP contribution in [0.3, 0.4) is 0 Å². The molecule has 1 heterocycles. The van der Waals surface area contributed by atoms with E-state index in [0.29, 0.717) is 9.86 Å². The minimum absolute atomic E-state index is 0.137. The fourth-order valence-corrected chi connectivity index (χ4v) is 1.54. The van der Waals surface area contributed by atoms with Gasteiger partial charge in [-0.2, -0.15) is 0 Å². The van der Waals surface area contributed by atoms with Gasteiger partial charge in [-0.3, -0.25) is 4.79 Å². The highest BCUT2D eigenvalue weighted by Gasteiger charge is 2.02. The molecule has 3 nitrogen and oxygen atoms in total. The first-order valence-corrected chi connectivity index (χ1v) is 4.48. The van der Waals surface area contributed by atoms with Crippen LogP contribution in [0.15, 0.2) is 33.7 Å². The molecular weight excluding hydrogens is 234 g/mol. The Hall–Kier alpha value is -1.29. The summed E-state index contributed by atoms with van der Waals surface area (Å²) >= 11 is 3.15. The molecule has 0 fully saturated rings. The standard InChI is InChI=1S/C9H6BrNO2/c10-7-4-6-5(3-8(7)12)1-2-11-9(6)13/h1-4,12H,(H,11,13). The average Bonchev–Trinajstić information content (AvgIpc) is 2.09. The van der Waals surface area contributed by atoms with Crippen molar-refractivity contribution in [2.45, 2.75) is 0 Å². The molecule has 66 valence electrons. The molecule has 0 bridgehead atoms. The average molecular weight is 240 g/mol. The van der Waals surface area contributed by atoms with Crippen LogP contribution in [0, 0.1) is 0 Å². The number of benzene rings is 1. The van der Waals surface area contributed by atoms with Crippen molar-refractivity contribution in [3.8, 4) is 5.75 Å². The number of nitrogens with one attached hydrogen (secondary N) is 1. The summed E-state index contributed by atoms with van der Waals surface area (Å²) in [6, 6.07) is 4.89. The molecule has 1 aromatic carbocycles. The van der Waals surface area contributed by atoms with E-state index in [1.165, 1.54) is 0 Å². The van der Waals surface area contributed by atoms with Gasteiger partial charge in [0.15, 0.2) is 0 Å². The first-order chi connectivity index (χ1) is 6.18. The Kier molecular flexibility index (Phi) is 1.84. The van der Waals surface area contributed by atoms with Crippen LogP contribution in [0.2, 0.25) is 0 Å². The summed E-state index contributed by atoms with van der Waals surface area (Å²) in [5, 5.41) is 10.6. The molecule has 2 rings (SSSR count). The van der Waals surface area contributed by atoms with Crippen LogP contribution < -0.4 is 5.56 Å². The third-order valence-corrected chi connectivity index (χ3v) is 2.48. The van der Waals surface area contributed by atoms with Crippen LogP contribution in [0.25, 0.3) is 10.8 Å². The van der Waals surface area contributed by atoms with Crippen LogP contribution in [0.1, 0.15) is 0 Å². The lowest BCUT2D eigenvalue weighted by Gasteiger charge is -1.99. The molecule has 1 aromatic heterocycles. The fourth-order valence-electron chi connectivity index (χ4n) is 1.20. The largest absolute Gasteiger partial charge is 0.507 e. The number of phenolic OH excluding ortho intramolecular Hbond substituents is 1. The summed E-state index contributed by atoms with van der Waals surface area (Å²) in [5.74, 6) is 0.137. The summed E-state index contributed by atoms with van der Waals surface area (Å²) in [7, 11) is 0. The van der Waals surface area contributed by atoms with E-state index < -0.39 is 0 Å². The van der Waals surface area contributed by atoms with Gasteiger partial charge in [-0.15, -0.1) is 0 Å². The quantitative estimate of drug-likeness (QED) is 0.739. The Morgan fingerprint density at radius 1 is 1.38 bits per heavy atom. The summed E-state index contributed by atoms with van der Waals surface area (Å²) in [6.45, 7) is 0. The molecule has 0 saturated heterocycles. The number of rotatable bonds is 0. The molecule has 2 aromatic rings. The number of hydrogen-bond donors (Lipinski definition) is 2. The van der Waals surface area contributed by atoms with Gasteiger partial charge in [-0.05, 0) is 39.5 Å². The van der Waals surface area contributed by atoms with Crippen LogP contribution >= 0.6 is 15.9 Å². The highest BCUT2D eigenvalue weighted by Crippen LogP contribution is 2.27. The molecule has 13 heavy (non-hydrogen) atoms. The van der Waals surface area contributed by atoms with E-state index in [1.807, 2.05) is 0 Å². The van der Waals surface area contributed by atoms with Gasteiger partial charge in [-0.25, -0.2) is 0 Å². The Balaban J connectivity index is 2.97. The van der Waals surface area contributed by atoms with Gasteiger partial charge in [-0.1, -0.05) is 0 Å². The maximum atomic E-state index is 11.3. The number of pyridine rings is 1. The summed E-state index contributed by atoms with van der Waals surface area (Å²) in [6.07, 6.45) is 1.55. The summed E-state index contributed by atoms with van der Waals surface area (Å²) in [5.41, 5.74) is -0.154. The molecule has 0 aliphatic rings. The number of halogens is 1. The van der Waals surface area contributed by atoms with Gasteiger partial charge in [0.1, 0.15) is 5.75 Å². The van der Waals surface area contributed by atoms with Gasteiger partial charge in [0.2, 0.25) is 0 Å². The zero-order valence-electron chi connectivity index (χ0n) is 6.54. The lowest BCUT2D eigenvalue weighted by molar-refractivity contribution is 0.473. The molecule has 0 radical (unpaired) electrons. The van der Waals surface area contributed by atoms with Crippen LogP contribution in [0.5, 0.6) is 5.75 Å². The molecule has 0 spiro atoms. The Labute approximate surface area is 82.2 Å². The molecule has 0 saturated carbocycles. The second kappa shape index (κ2) is 2.88. The summed E-state index contributed by atoms with van der Waals surface area (Å²) in [4.78, 5) is 13.8. The number of aromatic hydroxyl groups is 1. The topological polar surface area (TPSA) is 53.1 Å². The smallest absolute Gasteiger partial charge is 0.255 e. The van der Waals surface area contributed by atoms with E-state index in [1.54, 1.807) is 24.4 Å². The second-order valence-electron chi connectivity index (χ2n) is 2.70. The van der Waals surface area contributed by atoms with Crippen molar-refractivity contribution in [1.29, 1.82) is 0 Å². The van der Waals surface area contributed by atoms with Gasteiger partial charge < -0.3 is 10.1 Å². The van der Waals surface area contributed by atoms with Gasteiger partial charge >= 0.3 is 0 Å². The van der Waals surface area contributed by atoms with Crippen molar-refractivity contribution >= 4 is 26.7 Å². The van der Waals surface area contributed by atoms with Crippen molar-refractivity contribution in [2.75, 3.05) is 0 Å². The summed E-state index contributed by atoms with van der Waals surface area (Å²) < 4.78 is 0.525. The van der Waals surface area contributed by atoms with E-state index in [0.717, 1.165) is 5.39 Å². The maximum Gasteiger partial charge on any atom is 0.255 e. The second-order valence-corrected chi connectivity index (χ2v) is 3.55. The van der Waals surface area contributed by atoms with Gasteiger partial charge in [0.05, 0.1) is 4.47 Å². The molecule has 0 aliphatic heterocycles. The van der Waals surface area contributed by atoms with Crippen molar-refractivity contribution in [3.05, 3.63) is 39.2 Å². The Bertz CT molecular complexity index is 518. The van der Waals surface area contributed by atoms with Crippen molar-refractivity contribution in [2.24, 2.45) is 0 Å². The molecule has 0 unspecified atom stereocenters. The third kappa shape index (κ3) is 1.33. The third-order valence-electron chi connectivity index (χ3n) is 1.84. The van der Waals surface area contributed by atoms with Crippen molar-refractivity contribution < 1.29 is 5.11 Å². The van der Waals surface area contributed by atoms with Gasteiger partial charge in [0, 0.05) is 11.6 Å². The molecule has 2 N–H and O–H groups in total. The number of fused-ring (bicyclic) bond motifs is 1. The monoisotopic (exact) mass is 239 g/mol. The maximum absolute atomic E-state index is 11.3. The van der Waals surface area contributed by atoms with Crippen LogP contribution in [0.4, 0.5) is 0 Å². The fraction of sp³-hybridized carbons (Fsp3) is 0. The highest BCUT2D eigenvalue weighted by molar-refractivity contribution is 9.10. The molecular formula is C9H6BrNO2. The minimum atomic E-state index is -0.154. The predicted molar refractivity (Wildman–Crippen MR) is 53.9 cm³/mol. The molecule has 0 atom stereocenters. The lowest BCUT2D eigenvalue weighted by atomic mass is 10.2. The highest BCUT2D eigenvalue weighted by atomic mass is 79.9. The zero-order chi connectivity index (χ0) is 9.42. The number of phenols is 1. The van der Waals surface area contributed by atoms with E-state index in [9.17, 15) is 9.90 Å². The van der Waals surface area contributed by atoms with E-state index in [2.05, 4.69) is 20.9 Å². The Morgan fingerprint density at radius 3 is 2.92 bits per heavy atom. The number of H-pyrrole nitrogens is 1. The van der Waals surface area contributed by atoms with Gasteiger partial charge in [0.25, 0.3) is 5.56 Å².